The Morgan fingerprint density at radius 2 is 1.81 bits per heavy atom. The summed E-state index contributed by atoms with van der Waals surface area (Å²) in [6.45, 7) is 2.41. The number of rotatable bonds is 4. The van der Waals surface area contributed by atoms with Crippen molar-refractivity contribution in [2.24, 2.45) is 0 Å². The molecular weight excluding hydrogens is 360 g/mol. The Kier molecular flexibility index (Phi) is 4.61. The van der Waals surface area contributed by atoms with Gasteiger partial charge in [0.25, 0.3) is 0 Å². The fraction of sp³-hybridized carbons (Fsp3) is 0.286. The number of benzene rings is 2. The summed E-state index contributed by atoms with van der Waals surface area (Å²) in [6.07, 6.45) is 3.62. The van der Waals surface area contributed by atoms with Gasteiger partial charge in [-0.25, -0.2) is 8.42 Å². The molecule has 3 aromatic rings. The van der Waals surface area contributed by atoms with Crippen LogP contribution in [-0.2, 0) is 10.0 Å². The van der Waals surface area contributed by atoms with Crippen LogP contribution in [0, 0.1) is 0 Å². The summed E-state index contributed by atoms with van der Waals surface area (Å²) < 4.78 is 27.5. The van der Waals surface area contributed by atoms with Crippen LogP contribution < -0.4 is 0 Å². The number of para-hydroxylation sites is 1. The molecule has 0 amide bonds. The summed E-state index contributed by atoms with van der Waals surface area (Å²) >= 11 is 0. The summed E-state index contributed by atoms with van der Waals surface area (Å²) in [5.41, 5.74) is 2.80. The first kappa shape index (κ1) is 17.9. The van der Waals surface area contributed by atoms with Crippen molar-refractivity contribution in [2.45, 2.75) is 30.6 Å². The van der Waals surface area contributed by atoms with Gasteiger partial charge in [-0.15, -0.1) is 0 Å². The zero-order valence-electron chi connectivity index (χ0n) is 15.2. The molecular formula is C21H22N2O3S. The third-order valence-electron chi connectivity index (χ3n) is 5.39. The highest BCUT2D eigenvalue weighted by atomic mass is 32.2. The van der Waals surface area contributed by atoms with E-state index in [-0.39, 0.29) is 10.7 Å². The Bertz CT molecular complexity index is 1090. The van der Waals surface area contributed by atoms with Gasteiger partial charge in [0.05, 0.1) is 4.90 Å². The van der Waals surface area contributed by atoms with Gasteiger partial charge in [-0.3, -0.25) is 4.79 Å². The molecule has 0 saturated carbocycles. The van der Waals surface area contributed by atoms with Crippen LogP contribution in [0.25, 0.3) is 10.9 Å². The van der Waals surface area contributed by atoms with E-state index in [1.165, 1.54) is 28.2 Å². The van der Waals surface area contributed by atoms with Crippen LogP contribution in [-0.4, -0.2) is 36.6 Å². The van der Waals surface area contributed by atoms with Crippen molar-refractivity contribution in [2.75, 3.05) is 13.1 Å². The van der Waals surface area contributed by atoms with Gasteiger partial charge in [0.1, 0.15) is 0 Å². The fourth-order valence-corrected chi connectivity index (χ4v) is 5.38. The number of Topliss-reactive ketones (excluding diaryl/α,β-unsaturated/α-hetero) is 1. The number of fused-ring (bicyclic) bond motifs is 1. The normalized spacial score (nSPS) is 16.6. The average Bonchev–Trinajstić information content (AvgIpc) is 3.12. The number of carbonyl (C=O) groups excluding carboxylic acids is 1. The molecule has 2 heterocycles. The molecule has 0 bridgehead atoms. The number of aromatic amines is 1. The van der Waals surface area contributed by atoms with Gasteiger partial charge in [0.15, 0.2) is 5.78 Å². The molecule has 0 unspecified atom stereocenters. The van der Waals surface area contributed by atoms with Gasteiger partial charge in [0.2, 0.25) is 10.0 Å². The number of hydrogen-bond donors (Lipinski definition) is 1. The van der Waals surface area contributed by atoms with Crippen molar-refractivity contribution < 1.29 is 13.2 Å². The van der Waals surface area contributed by atoms with E-state index in [0.29, 0.717) is 24.6 Å². The van der Waals surface area contributed by atoms with Gasteiger partial charge in [-0.2, -0.15) is 4.31 Å². The maximum atomic E-state index is 13.0. The number of nitrogens with one attached hydrogen (secondary N) is 1. The molecule has 0 spiro atoms. The van der Waals surface area contributed by atoms with Gasteiger partial charge < -0.3 is 4.98 Å². The van der Waals surface area contributed by atoms with E-state index < -0.39 is 10.0 Å². The van der Waals surface area contributed by atoms with Crippen molar-refractivity contribution in [3.8, 4) is 0 Å². The highest BCUT2D eigenvalue weighted by Crippen LogP contribution is 2.34. The smallest absolute Gasteiger partial charge is 0.243 e. The third-order valence-corrected chi connectivity index (χ3v) is 7.29. The Morgan fingerprint density at radius 3 is 2.56 bits per heavy atom. The standard InChI is InChI=1S/C21H22N2O3S/c1-15(24)17-5-4-6-18(13-17)27(25,26)23-11-9-16(10-12-23)20-14-22-21-8-3-2-7-19(20)21/h2-8,13-14,16,22H,9-12H2,1H3. The predicted octanol–water partition coefficient (Wildman–Crippen LogP) is 3.94. The van der Waals surface area contributed by atoms with Crippen LogP contribution in [0.3, 0.4) is 0 Å². The van der Waals surface area contributed by atoms with E-state index in [2.05, 4.69) is 23.3 Å². The zero-order valence-corrected chi connectivity index (χ0v) is 16.0. The first-order chi connectivity index (χ1) is 13.0. The van der Waals surface area contributed by atoms with E-state index in [4.69, 9.17) is 0 Å². The van der Waals surface area contributed by atoms with E-state index in [1.807, 2.05) is 12.1 Å². The van der Waals surface area contributed by atoms with Crippen molar-refractivity contribution in [1.29, 1.82) is 0 Å². The molecule has 1 fully saturated rings. The van der Waals surface area contributed by atoms with Crippen molar-refractivity contribution in [1.82, 2.24) is 9.29 Å². The number of nitrogens with zero attached hydrogens (tertiary/aromatic N) is 1. The highest BCUT2D eigenvalue weighted by molar-refractivity contribution is 7.89. The van der Waals surface area contributed by atoms with Crippen molar-refractivity contribution in [3.05, 3.63) is 65.9 Å². The second-order valence-corrected chi connectivity index (χ2v) is 8.99. The summed E-state index contributed by atoms with van der Waals surface area (Å²) in [5.74, 6) is 0.209. The first-order valence-corrected chi connectivity index (χ1v) is 10.6. The Hall–Kier alpha value is -2.44. The van der Waals surface area contributed by atoms with Crippen molar-refractivity contribution >= 4 is 26.7 Å². The Labute approximate surface area is 159 Å². The minimum atomic E-state index is -3.58. The number of aromatic nitrogens is 1. The molecule has 0 radical (unpaired) electrons. The van der Waals surface area contributed by atoms with Gasteiger partial charge >= 0.3 is 0 Å². The molecule has 1 aliphatic rings. The highest BCUT2D eigenvalue weighted by Gasteiger charge is 2.31. The second kappa shape index (κ2) is 6.94. The Balaban J connectivity index is 1.53. The van der Waals surface area contributed by atoms with E-state index in [9.17, 15) is 13.2 Å². The van der Waals surface area contributed by atoms with Gasteiger partial charge in [-0.1, -0.05) is 30.3 Å². The fourth-order valence-electron chi connectivity index (χ4n) is 3.86. The molecule has 1 N–H and O–H groups in total. The quantitative estimate of drug-likeness (QED) is 0.695. The number of carbonyl (C=O) groups is 1. The summed E-state index contributed by atoms with van der Waals surface area (Å²) in [7, 11) is -3.58. The lowest BCUT2D eigenvalue weighted by Gasteiger charge is -2.31. The SMILES string of the molecule is CC(=O)c1cccc(S(=O)(=O)N2CCC(c3c[nH]c4ccccc34)CC2)c1. The van der Waals surface area contributed by atoms with Crippen LogP contribution in [0.2, 0.25) is 0 Å². The van der Waals surface area contributed by atoms with E-state index >= 15 is 0 Å². The Morgan fingerprint density at radius 1 is 1.07 bits per heavy atom. The van der Waals surface area contributed by atoms with E-state index in [0.717, 1.165) is 18.4 Å². The van der Waals surface area contributed by atoms with Crippen LogP contribution in [0.5, 0.6) is 0 Å². The predicted molar refractivity (Wildman–Crippen MR) is 105 cm³/mol. The molecule has 4 rings (SSSR count). The lowest BCUT2D eigenvalue weighted by atomic mass is 9.90. The second-order valence-electron chi connectivity index (χ2n) is 7.05. The number of sulfonamides is 1. The minimum Gasteiger partial charge on any atom is -0.361 e. The average molecular weight is 382 g/mol. The lowest BCUT2D eigenvalue weighted by Crippen LogP contribution is -2.37. The van der Waals surface area contributed by atoms with Crippen LogP contribution in [0.1, 0.15) is 41.6 Å². The minimum absolute atomic E-state index is 0.134. The molecule has 1 aliphatic heterocycles. The number of hydrogen-bond acceptors (Lipinski definition) is 3. The number of H-pyrrole nitrogens is 1. The first-order valence-electron chi connectivity index (χ1n) is 9.14. The zero-order chi connectivity index (χ0) is 19.0. The molecule has 2 aromatic carbocycles. The molecule has 27 heavy (non-hydrogen) atoms. The monoisotopic (exact) mass is 382 g/mol. The molecule has 5 nitrogen and oxygen atoms in total. The van der Waals surface area contributed by atoms with Crippen molar-refractivity contribution in [3.63, 3.8) is 0 Å². The van der Waals surface area contributed by atoms with E-state index in [1.54, 1.807) is 18.2 Å². The molecule has 0 atom stereocenters. The van der Waals surface area contributed by atoms with Crippen LogP contribution in [0.15, 0.2) is 59.6 Å². The van der Waals surface area contributed by atoms with Gasteiger partial charge in [0, 0.05) is 35.8 Å². The third kappa shape index (κ3) is 3.31. The number of ketones is 1. The number of piperidine rings is 1. The summed E-state index contributed by atoms with van der Waals surface area (Å²) in [6, 6.07) is 14.5. The maximum absolute atomic E-state index is 13.0. The van der Waals surface area contributed by atoms with Gasteiger partial charge in [-0.05, 0) is 49.4 Å². The maximum Gasteiger partial charge on any atom is 0.243 e. The van der Waals surface area contributed by atoms with Crippen LogP contribution >= 0.6 is 0 Å². The molecule has 6 heteroatoms. The summed E-state index contributed by atoms with van der Waals surface area (Å²) in [5, 5.41) is 1.22. The molecule has 140 valence electrons. The molecule has 1 aromatic heterocycles. The van der Waals surface area contributed by atoms with Crippen LogP contribution in [0.4, 0.5) is 0 Å². The molecule has 0 aliphatic carbocycles. The summed E-state index contributed by atoms with van der Waals surface area (Å²) in [4.78, 5) is 15.1. The topological polar surface area (TPSA) is 70.2 Å². The largest absolute Gasteiger partial charge is 0.361 e. The lowest BCUT2D eigenvalue weighted by molar-refractivity contribution is 0.101. The molecule has 1 saturated heterocycles.